The number of likely N-dealkylation sites (tertiary alicyclic amines) is 1. The Balaban J connectivity index is 1.50. The summed E-state index contributed by atoms with van der Waals surface area (Å²) < 4.78 is 40.4. The molecule has 2 aliphatic heterocycles. The van der Waals surface area contributed by atoms with Crippen molar-refractivity contribution in [3.05, 3.63) is 30.1 Å². The van der Waals surface area contributed by atoms with Gasteiger partial charge < -0.3 is 14.9 Å². The van der Waals surface area contributed by atoms with Crippen LogP contribution in [0, 0.1) is 11.8 Å². The van der Waals surface area contributed by atoms with Gasteiger partial charge in [0, 0.05) is 51.4 Å². The molecule has 2 saturated heterocycles. The van der Waals surface area contributed by atoms with E-state index in [1.165, 1.54) is 18.5 Å². The van der Waals surface area contributed by atoms with E-state index >= 15 is 0 Å². The van der Waals surface area contributed by atoms with E-state index in [-0.39, 0.29) is 35.1 Å². The van der Waals surface area contributed by atoms with E-state index in [9.17, 15) is 23.1 Å². The van der Waals surface area contributed by atoms with Crippen molar-refractivity contribution >= 4 is 22.5 Å². The van der Waals surface area contributed by atoms with Crippen LogP contribution in [0.15, 0.2) is 24.5 Å². The molecule has 1 aromatic heterocycles. The molecule has 33 heavy (non-hydrogen) atoms. The van der Waals surface area contributed by atoms with Gasteiger partial charge in [-0.05, 0) is 50.3 Å². The van der Waals surface area contributed by atoms with Crippen molar-refractivity contribution in [1.29, 1.82) is 0 Å². The van der Waals surface area contributed by atoms with Gasteiger partial charge in [-0.15, -0.1) is 0 Å². The summed E-state index contributed by atoms with van der Waals surface area (Å²) in [7, 11) is 2.01. The molecule has 0 saturated carbocycles. The minimum absolute atomic E-state index is 0.0539. The molecule has 0 aliphatic carbocycles. The highest BCUT2D eigenvalue weighted by Crippen LogP contribution is 2.38. The first-order chi connectivity index (χ1) is 15.5. The second kappa shape index (κ2) is 9.18. The molecule has 0 radical (unpaired) electrons. The zero-order valence-electron chi connectivity index (χ0n) is 19.1. The molecule has 3 heterocycles. The number of carbonyl (C=O) groups is 1. The van der Waals surface area contributed by atoms with E-state index in [0.29, 0.717) is 38.0 Å². The maximum Gasteiger partial charge on any atom is 0.418 e. The average Bonchev–Trinajstić information content (AvgIpc) is 2.74. The fourth-order valence-corrected chi connectivity index (χ4v) is 5.32. The monoisotopic (exact) mass is 464 g/mol. The van der Waals surface area contributed by atoms with Crippen LogP contribution in [0.3, 0.4) is 0 Å². The second-order valence-electron chi connectivity index (χ2n) is 9.94. The van der Waals surface area contributed by atoms with Crippen LogP contribution in [0.1, 0.15) is 44.6 Å². The van der Waals surface area contributed by atoms with Gasteiger partial charge in [0.05, 0.1) is 16.9 Å². The molecule has 1 aromatic carbocycles. The SMILES string of the molecule is C[C@H]1C[C@@H](CC(=O)CC2(O)CCN(C)CC2)CN(c2ccc(C(F)(F)F)c3nccnc23)C1. The molecule has 0 bridgehead atoms. The van der Waals surface area contributed by atoms with Crippen molar-refractivity contribution in [2.75, 3.05) is 38.1 Å². The first kappa shape index (κ1) is 23.9. The summed E-state index contributed by atoms with van der Waals surface area (Å²) in [6.07, 6.45) is 0.762. The van der Waals surface area contributed by atoms with Crippen LogP contribution in [-0.4, -0.2) is 64.6 Å². The maximum atomic E-state index is 13.5. The van der Waals surface area contributed by atoms with Crippen LogP contribution in [0.5, 0.6) is 0 Å². The van der Waals surface area contributed by atoms with Crippen molar-refractivity contribution in [2.45, 2.75) is 50.8 Å². The smallest absolute Gasteiger partial charge is 0.389 e. The third-order valence-corrected chi connectivity index (χ3v) is 6.96. The van der Waals surface area contributed by atoms with E-state index in [4.69, 9.17) is 0 Å². The second-order valence-corrected chi connectivity index (χ2v) is 9.94. The first-order valence-corrected chi connectivity index (χ1v) is 11.5. The number of benzene rings is 1. The van der Waals surface area contributed by atoms with Gasteiger partial charge >= 0.3 is 6.18 Å². The Morgan fingerprint density at radius 2 is 1.82 bits per heavy atom. The van der Waals surface area contributed by atoms with Gasteiger partial charge in [0.15, 0.2) is 0 Å². The number of hydrogen-bond acceptors (Lipinski definition) is 6. The van der Waals surface area contributed by atoms with E-state index in [1.807, 2.05) is 11.9 Å². The zero-order chi connectivity index (χ0) is 23.8. The minimum Gasteiger partial charge on any atom is -0.389 e. The van der Waals surface area contributed by atoms with Crippen molar-refractivity contribution in [3.63, 3.8) is 0 Å². The summed E-state index contributed by atoms with van der Waals surface area (Å²) >= 11 is 0. The lowest BCUT2D eigenvalue weighted by molar-refractivity contribution is -0.136. The van der Waals surface area contributed by atoms with Crippen molar-refractivity contribution in [2.24, 2.45) is 11.8 Å². The largest absolute Gasteiger partial charge is 0.418 e. The molecule has 2 aromatic rings. The summed E-state index contributed by atoms with van der Waals surface area (Å²) in [6, 6.07) is 2.54. The average molecular weight is 465 g/mol. The van der Waals surface area contributed by atoms with E-state index in [1.54, 1.807) is 0 Å². The molecular weight excluding hydrogens is 433 g/mol. The lowest BCUT2D eigenvalue weighted by Crippen LogP contribution is -2.45. The van der Waals surface area contributed by atoms with Gasteiger partial charge in [-0.3, -0.25) is 14.8 Å². The Kier molecular flexibility index (Phi) is 6.64. The Labute approximate surface area is 191 Å². The quantitative estimate of drug-likeness (QED) is 0.724. The number of hydrogen-bond donors (Lipinski definition) is 1. The van der Waals surface area contributed by atoms with E-state index < -0.39 is 17.3 Å². The number of Topliss-reactive ketones (excluding diaryl/α,β-unsaturated/α-hetero) is 1. The minimum atomic E-state index is -4.51. The number of fused-ring (bicyclic) bond motifs is 1. The van der Waals surface area contributed by atoms with E-state index in [0.717, 1.165) is 25.6 Å². The fourth-order valence-electron chi connectivity index (χ4n) is 5.32. The Hall–Kier alpha value is -2.26. The van der Waals surface area contributed by atoms with Crippen molar-refractivity contribution < 1.29 is 23.1 Å². The zero-order valence-corrected chi connectivity index (χ0v) is 19.1. The predicted octanol–water partition coefficient (Wildman–Crippen LogP) is 3.92. The molecule has 4 rings (SSSR count). The summed E-state index contributed by atoms with van der Waals surface area (Å²) in [5.41, 5.74) is -1.03. The van der Waals surface area contributed by atoms with Crippen molar-refractivity contribution in [1.82, 2.24) is 14.9 Å². The lowest BCUT2D eigenvalue weighted by Gasteiger charge is -2.39. The van der Waals surface area contributed by atoms with Gasteiger partial charge in [0.25, 0.3) is 0 Å². The molecule has 0 unspecified atom stereocenters. The molecule has 6 nitrogen and oxygen atoms in total. The standard InChI is InChI=1S/C24H31F3N4O2/c1-16-11-17(12-18(32)13-23(33)5-9-30(2)10-6-23)15-31(14-16)20-4-3-19(24(25,26)27)21-22(20)29-8-7-28-21/h3-4,7-8,16-17,33H,5-6,9-15H2,1-2H3/t16-,17-/m0/s1. The Morgan fingerprint density at radius 3 is 2.48 bits per heavy atom. The van der Waals surface area contributed by atoms with Crippen LogP contribution in [0.25, 0.3) is 11.0 Å². The molecule has 9 heteroatoms. The number of aliphatic hydroxyl groups is 1. The fraction of sp³-hybridized carbons (Fsp3) is 0.625. The number of aromatic nitrogens is 2. The van der Waals surface area contributed by atoms with Crippen LogP contribution >= 0.6 is 0 Å². The normalized spacial score (nSPS) is 24.2. The molecule has 2 atom stereocenters. The molecule has 2 fully saturated rings. The van der Waals surface area contributed by atoms with E-state index in [2.05, 4.69) is 21.8 Å². The van der Waals surface area contributed by atoms with Crippen LogP contribution in [0.2, 0.25) is 0 Å². The molecule has 2 aliphatic rings. The van der Waals surface area contributed by atoms with Crippen LogP contribution in [0.4, 0.5) is 18.9 Å². The molecule has 0 amide bonds. The third kappa shape index (κ3) is 5.46. The van der Waals surface area contributed by atoms with Gasteiger partial charge in [0.1, 0.15) is 16.8 Å². The van der Waals surface area contributed by atoms with Gasteiger partial charge in [-0.2, -0.15) is 13.2 Å². The summed E-state index contributed by atoms with van der Waals surface area (Å²) in [6.45, 7) is 4.89. The Bertz CT molecular complexity index is 1000. The van der Waals surface area contributed by atoms with Crippen LogP contribution < -0.4 is 4.90 Å². The number of halogens is 3. The van der Waals surface area contributed by atoms with Crippen molar-refractivity contribution in [3.8, 4) is 0 Å². The highest BCUT2D eigenvalue weighted by molar-refractivity contribution is 5.91. The van der Waals surface area contributed by atoms with Gasteiger partial charge in [0.2, 0.25) is 0 Å². The Morgan fingerprint density at radius 1 is 1.15 bits per heavy atom. The van der Waals surface area contributed by atoms with Gasteiger partial charge in [-0.25, -0.2) is 0 Å². The third-order valence-electron chi connectivity index (χ3n) is 6.96. The topological polar surface area (TPSA) is 69.6 Å². The highest BCUT2D eigenvalue weighted by Gasteiger charge is 2.37. The van der Waals surface area contributed by atoms with Gasteiger partial charge in [-0.1, -0.05) is 6.92 Å². The molecule has 0 spiro atoms. The predicted molar refractivity (Wildman–Crippen MR) is 120 cm³/mol. The number of piperidine rings is 2. The van der Waals surface area contributed by atoms with Crippen LogP contribution in [-0.2, 0) is 11.0 Å². The number of alkyl halides is 3. The maximum absolute atomic E-state index is 13.5. The number of nitrogens with zero attached hydrogens (tertiary/aromatic N) is 4. The summed E-state index contributed by atoms with van der Waals surface area (Å²) in [5.74, 6) is 0.403. The number of anilines is 1. The number of rotatable bonds is 5. The number of ketones is 1. The first-order valence-electron chi connectivity index (χ1n) is 11.5. The summed E-state index contributed by atoms with van der Waals surface area (Å²) in [4.78, 5) is 25.2. The summed E-state index contributed by atoms with van der Waals surface area (Å²) in [5, 5.41) is 10.8. The molecule has 180 valence electrons. The number of carbonyl (C=O) groups excluding carboxylic acids is 1. The lowest BCUT2D eigenvalue weighted by atomic mass is 9.82. The molecular formula is C24H31F3N4O2. The molecule has 1 N–H and O–H groups in total. The highest BCUT2D eigenvalue weighted by atomic mass is 19.4.